The Hall–Kier alpha value is -1.89. The molecule has 0 radical (unpaired) electrons. The normalized spacial score (nSPS) is 14.5. The van der Waals surface area contributed by atoms with E-state index in [2.05, 4.69) is 10.2 Å². The maximum atomic E-state index is 13.3. The molecule has 2 aromatic rings. The molecule has 132 valence electrons. The summed E-state index contributed by atoms with van der Waals surface area (Å²) in [6.07, 6.45) is 0. The molecule has 0 saturated carbocycles. The average molecular weight is 387 g/mol. The van der Waals surface area contributed by atoms with Gasteiger partial charge in [-0.2, -0.15) is 0 Å². The van der Waals surface area contributed by atoms with Gasteiger partial charge in [-0.25, -0.2) is 8.78 Å². The van der Waals surface area contributed by atoms with Crippen molar-refractivity contribution in [2.75, 3.05) is 36.5 Å². The molecule has 0 spiro atoms. The first-order valence-corrected chi connectivity index (χ1v) is 8.29. The maximum Gasteiger partial charge on any atom is 0.257 e. The number of nitrogens with zero attached hydrogens (tertiary/aromatic N) is 1. The highest BCUT2D eigenvalue weighted by molar-refractivity contribution is 6.35. The number of morpholine rings is 1. The van der Waals surface area contributed by atoms with Crippen LogP contribution in [0.25, 0.3) is 0 Å². The highest BCUT2D eigenvalue weighted by Gasteiger charge is 2.17. The van der Waals surface area contributed by atoms with Gasteiger partial charge < -0.3 is 15.0 Å². The fraction of sp³-hybridized carbons (Fsp3) is 0.235. The van der Waals surface area contributed by atoms with Gasteiger partial charge in [-0.05, 0) is 30.3 Å². The van der Waals surface area contributed by atoms with Crippen molar-refractivity contribution >= 4 is 40.5 Å². The summed E-state index contributed by atoms with van der Waals surface area (Å²) in [5, 5.41) is 2.87. The van der Waals surface area contributed by atoms with Crippen molar-refractivity contribution in [1.82, 2.24) is 0 Å². The third kappa shape index (κ3) is 4.03. The molecule has 3 rings (SSSR count). The summed E-state index contributed by atoms with van der Waals surface area (Å²) in [6.45, 7) is 2.72. The van der Waals surface area contributed by atoms with Crippen LogP contribution in [0.4, 0.5) is 20.2 Å². The molecule has 1 fully saturated rings. The number of amides is 1. The average Bonchev–Trinajstić information content (AvgIpc) is 2.59. The van der Waals surface area contributed by atoms with Crippen LogP contribution in [0.15, 0.2) is 30.3 Å². The Kier molecular flexibility index (Phi) is 5.42. The van der Waals surface area contributed by atoms with Crippen LogP contribution in [0.1, 0.15) is 10.4 Å². The molecule has 1 heterocycles. The minimum Gasteiger partial charge on any atom is -0.378 e. The van der Waals surface area contributed by atoms with E-state index in [0.717, 1.165) is 30.9 Å². The van der Waals surface area contributed by atoms with E-state index >= 15 is 0 Å². The van der Waals surface area contributed by atoms with Crippen LogP contribution in [-0.2, 0) is 4.74 Å². The lowest BCUT2D eigenvalue weighted by atomic mass is 10.2. The monoisotopic (exact) mass is 386 g/mol. The largest absolute Gasteiger partial charge is 0.378 e. The number of anilines is 2. The molecule has 1 amide bonds. The Morgan fingerprint density at radius 3 is 2.40 bits per heavy atom. The maximum absolute atomic E-state index is 13.3. The summed E-state index contributed by atoms with van der Waals surface area (Å²) in [6, 6.07) is 6.59. The van der Waals surface area contributed by atoms with Gasteiger partial charge in [0.25, 0.3) is 5.91 Å². The number of hydrogen-bond acceptors (Lipinski definition) is 3. The van der Waals surface area contributed by atoms with E-state index in [-0.39, 0.29) is 10.6 Å². The lowest BCUT2D eigenvalue weighted by Crippen LogP contribution is -2.36. The summed E-state index contributed by atoms with van der Waals surface area (Å²) < 4.78 is 31.7. The number of carbonyl (C=O) groups excluding carboxylic acids is 1. The number of carbonyl (C=O) groups is 1. The minimum absolute atomic E-state index is 0.158. The Labute approximate surface area is 153 Å². The molecule has 0 bridgehead atoms. The second kappa shape index (κ2) is 7.56. The lowest BCUT2D eigenvalue weighted by Gasteiger charge is -2.29. The van der Waals surface area contributed by atoms with Gasteiger partial charge in [0, 0.05) is 18.8 Å². The Morgan fingerprint density at radius 2 is 1.72 bits per heavy atom. The molecule has 4 nitrogen and oxygen atoms in total. The molecule has 0 aromatic heterocycles. The number of nitrogens with one attached hydrogen (secondary N) is 1. The van der Waals surface area contributed by atoms with Crippen LogP contribution in [0.3, 0.4) is 0 Å². The van der Waals surface area contributed by atoms with Crippen LogP contribution < -0.4 is 10.2 Å². The summed E-state index contributed by atoms with van der Waals surface area (Å²) in [5.74, 6) is -2.91. The van der Waals surface area contributed by atoms with Gasteiger partial charge in [0.15, 0.2) is 11.6 Å². The third-order valence-electron chi connectivity index (χ3n) is 3.81. The third-order valence-corrected chi connectivity index (χ3v) is 4.43. The van der Waals surface area contributed by atoms with Gasteiger partial charge in [0.05, 0.1) is 34.5 Å². The van der Waals surface area contributed by atoms with Crippen LogP contribution in [0.2, 0.25) is 10.0 Å². The summed E-state index contributed by atoms with van der Waals surface area (Å²) in [5.41, 5.74) is 1.11. The van der Waals surface area contributed by atoms with Gasteiger partial charge in [0.1, 0.15) is 0 Å². The molecule has 2 aromatic carbocycles. The van der Waals surface area contributed by atoms with E-state index in [0.29, 0.717) is 23.9 Å². The van der Waals surface area contributed by atoms with E-state index in [1.54, 1.807) is 18.2 Å². The number of rotatable bonds is 3. The fourth-order valence-electron chi connectivity index (χ4n) is 2.54. The van der Waals surface area contributed by atoms with Crippen molar-refractivity contribution in [3.05, 3.63) is 57.6 Å². The van der Waals surface area contributed by atoms with Crippen LogP contribution in [-0.4, -0.2) is 32.2 Å². The van der Waals surface area contributed by atoms with E-state index in [9.17, 15) is 13.6 Å². The van der Waals surface area contributed by atoms with Gasteiger partial charge in [-0.15, -0.1) is 0 Å². The molecule has 0 atom stereocenters. The summed E-state index contributed by atoms with van der Waals surface area (Å²) >= 11 is 12.1. The number of halogens is 4. The van der Waals surface area contributed by atoms with Crippen molar-refractivity contribution in [3.63, 3.8) is 0 Å². The quantitative estimate of drug-likeness (QED) is 0.796. The molecule has 0 unspecified atom stereocenters. The standard InChI is InChI=1S/C17H14Cl2F2N2O2/c18-12-9-15(21)14(20)8-11(12)17(24)22-10-1-2-16(13(19)7-10)23-3-5-25-6-4-23/h1-2,7-9H,3-6H2,(H,22,24). The molecule has 1 aliphatic rings. The topological polar surface area (TPSA) is 41.6 Å². The van der Waals surface area contributed by atoms with Crippen molar-refractivity contribution in [1.29, 1.82) is 0 Å². The Morgan fingerprint density at radius 1 is 1.04 bits per heavy atom. The van der Waals surface area contributed by atoms with E-state index in [1.165, 1.54) is 0 Å². The molecular weight excluding hydrogens is 373 g/mol. The SMILES string of the molecule is O=C(Nc1ccc(N2CCOCC2)c(Cl)c1)c1cc(F)c(F)cc1Cl. The number of benzene rings is 2. The molecule has 25 heavy (non-hydrogen) atoms. The molecule has 1 N–H and O–H groups in total. The van der Waals surface area contributed by atoms with Gasteiger partial charge in [0.2, 0.25) is 0 Å². The van der Waals surface area contributed by atoms with Crippen LogP contribution in [0, 0.1) is 11.6 Å². The molecule has 8 heteroatoms. The van der Waals surface area contributed by atoms with Gasteiger partial charge in [-0.3, -0.25) is 4.79 Å². The first-order chi connectivity index (χ1) is 12.0. The van der Waals surface area contributed by atoms with Crippen molar-refractivity contribution in [2.45, 2.75) is 0 Å². The van der Waals surface area contributed by atoms with Crippen LogP contribution in [0.5, 0.6) is 0 Å². The molecule has 1 saturated heterocycles. The Bertz CT molecular complexity index is 811. The lowest BCUT2D eigenvalue weighted by molar-refractivity contribution is 0.102. The van der Waals surface area contributed by atoms with Crippen LogP contribution >= 0.6 is 23.2 Å². The molecule has 0 aliphatic carbocycles. The van der Waals surface area contributed by atoms with Gasteiger partial charge >= 0.3 is 0 Å². The van der Waals surface area contributed by atoms with Crippen molar-refractivity contribution in [3.8, 4) is 0 Å². The molecule has 1 aliphatic heterocycles. The van der Waals surface area contributed by atoms with E-state index in [1.807, 2.05) is 0 Å². The second-order valence-electron chi connectivity index (χ2n) is 5.47. The van der Waals surface area contributed by atoms with Crippen molar-refractivity contribution in [2.24, 2.45) is 0 Å². The highest BCUT2D eigenvalue weighted by Crippen LogP contribution is 2.30. The zero-order valence-corrected chi connectivity index (χ0v) is 14.5. The highest BCUT2D eigenvalue weighted by atomic mass is 35.5. The second-order valence-corrected chi connectivity index (χ2v) is 6.28. The molecular formula is C17H14Cl2F2N2O2. The summed E-state index contributed by atoms with van der Waals surface area (Å²) in [4.78, 5) is 14.3. The zero-order valence-electron chi connectivity index (χ0n) is 13.0. The minimum atomic E-state index is -1.14. The zero-order chi connectivity index (χ0) is 18.0. The first kappa shape index (κ1) is 17.9. The number of hydrogen-bond donors (Lipinski definition) is 1. The predicted molar refractivity (Wildman–Crippen MR) is 93.8 cm³/mol. The smallest absolute Gasteiger partial charge is 0.257 e. The number of ether oxygens (including phenoxy) is 1. The first-order valence-electron chi connectivity index (χ1n) is 7.54. The van der Waals surface area contributed by atoms with E-state index in [4.69, 9.17) is 27.9 Å². The fourth-order valence-corrected chi connectivity index (χ4v) is 3.08. The summed E-state index contributed by atoms with van der Waals surface area (Å²) in [7, 11) is 0. The predicted octanol–water partition coefficient (Wildman–Crippen LogP) is 4.36. The van der Waals surface area contributed by atoms with Crippen molar-refractivity contribution < 1.29 is 18.3 Å². The Balaban J connectivity index is 1.78. The van der Waals surface area contributed by atoms with Gasteiger partial charge in [-0.1, -0.05) is 23.2 Å². The van der Waals surface area contributed by atoms with E-state index < -0.39 is 17.5 Å².